The largest absolute Gasteiger partial charge is 0.371 e. The van der Waals surface area contributed by atoms with Crippen LogP contribution in [0.4, 0.5) is 11.4 Å². The van der Waals surface area contributed by atoms with E-state index in [1.54, 1.807) is 0 Å². The molecule has 21 heavy (non-hydrogen) atoms. The Morgan fingerprint density at radius 1 is 1.48 bits per heavy atom. The Balaban J connectivity index is 2.17. The summed E-state index contributed by atoms with van der Waals surface area (Å²) in [5.74, 6) is 1.14. The zero-order valence-corrected chi connectivity index (χ0v) is 14.1. The predicted octanol–water partition coefficient (Wildman–Crippen LogP) is 2.87. The van der Waals surface area contributed by atoms with E-state index in [0.717, 1.165) is 35.7 Å². The van der Waals surface area contributed by atoms with Crippen molar-refractivity contribution in [1.29, 1.82) is 0 Å². The highest BCUT2D eigenvalue weighted by Gasteiger charge is 2.30. The van der Waals surface area contributed by atoms with Gasteiger partial charge in [0.05, 0.1) is 0 Å². The van der Waals surface area contributed by atoms with Crippen molar-refractivity contribution < 1.29 is 4.79 Å². The third-order valence-corrected chi connectivity index (χ3v) is 4.76. The Bertz CT molecular complexity index is 506. The topological polar surface area (TPSA) is 44.4 Å². The van der Waals surface area contributed by atoms with E-state index in [1.807, 2.05) is 11.8 Å². The molecule has 0 aromatic heterocycles. The summed E-state index contributed by atoms with van der Waals surface area (Å²) in [4.78, 5) is 14.3. The monoisotopic (exact) mass is 307 g/mol. The van der Waals surface area contributed by atoms with E-state index >= 15 is 0 Å². The van der Waals surface area contributed by atoms with Gasteiger partial charge in [-0.15, -0.1) is 0 Å². The molecule has 0 saturated carbocycles. The number of hydrogen-bond donors (Lipinski definition) is 2. The summed E-state index contributed by atoms with van der Waals surface area (Å²) in [6.07, 6.45) is 3.14. The molecule has 0 saturated heterocycles. The van der Waals surface area contributed by atoms with Gasteiger partial charge in [0.25, 0.3) is 0 Å². The lowest BCUT2D eigenvalue weighted by Crippen LogP contribution is -2.30. The number of nitrogens with zero attached hydrogens (tertiary/aromatic N) is 1. The van der Waals surface area contributed by atoms with Gasteiger partial charge >= 0.3 is 0 Å². The molecule has 0 radical (unpaired) electrons. The van der Waals surface area contributed by atoms with Gasteiger partial charge in [-0.25, -0.2) is 0 Å². The number of thioether (sulfide) groups is 1. The van der Waals surface area contributed by atoms with Crippen LogP contribution in [-0.2, 0) is 4.79 Å². The molecule has 2 N–H and O–H groups in total. The molecule has 1 aliphatic heterocycles. The Morgan fingerprint density at radius 3 is 2.90 bits per heavy atom. The summed E-state index contributed by atoms with van der Waals surface area (Å²) in [5.41, 5.74) is 3.14. The molecule has 2 atom stereocenters. The second kappa shape index (κ2) is 7.18. The van der Waals surface area contributed by atoms with Crippen molar-refractivity contribution >= 4 is 29.0 Å². The first-order valence-electron chi connectivity index (χ1n) is 7.48. The Hall–Kier alpha value is -1.20. The number of amides is 1. The molecule has 1 aromatic rings. The van der Waals surface area contributed by atoms with Crippen LogP contribution in [0.2, 0.25) is 0 Å². The van der Waals surface area contributed by atoms with Crippen LogP contribution in [0, 0.1) is 0 Å². The van der Waals surface area contributed by atoms with E-state index in [0.29, 0.717) is 6.04 Å². The normalized spacial score (nSPS) is 18.3. The van der Waals surface area contributed by atoms with Crippen LogP contribution in [0.1, 0.15) is 31.9 Å². The van der Waals surface area contributed by atoms with Crippen molar-refractivity contribution in [3.63, 3.8) is 0 Å². The maximum atomic E-state index is 12.1. The van der Waals surface area contributed by atoms with E-state index in [1.165, 1.54) is 0 Å². The van der Waals surface area contributed by atoms with E-state index in [-0.39, 0.29) is 11.9 Å². The minimum absolute atomic E-state index is 0.0513. The van der Waals surface area contributed by atoms with Crippen LogP contribution < -0.4 is 15.5 Å². The highest BCUT2D eigenvalue weighted by molar-refractivity contribution is 7.98. The number of rotatable bonds is 7. The Kier molecular flexibility index (Phi) is 5.53. The molecule has 0 bridgehead atoms. The number of carbonyl (C=O) groups is 1. The molecule has 0 aliphatic carbocycles. The SMILES string of the molecule is CCCNC1C(=O)Nc2cc(N(C)C(C)CSC)ccc21. The third kappa shape index (κ3) is 3.52. The lowest BCUT2D eigenvalue weighted by molar-refractivity contribution is -0.117. The quantitative estimate of drug-likeness (QED) is 0.813. The minimum Gasteiger partial charge on any atom is -0.371 e. The summed E-state index contributed by atoms with van der Waals surface area (Å²) in [6.45, 7) is 5.17. The van der Waals surface area contributed by atoms with Crippen LogP contribution in [0.25, 0.3) is 0 Å². The van der Waals surface area contributed by atoms with Gasteiger partial charge in [0, 0.05) is 35.8 Å². The first-order valence-corrected chi connectivity index (χ1v) is 8.87. The Morgan fingerprint density at radius 2 is 2.24 bits per heavy atom. The molecule has 1 aromatic carbocycles. The van der Waals surface area contributed by atoms with Crippen LogP contribution >= 0.6 is 11.8 Å². The van der Waals surface area contributed by atoms with E-state index in [4.69, 9.17) is 0 Å². The fourth-order valence-corrected chi connectivity index (χ4v) is 3.27. The first kappa shape index (κ1) is 16.2. The zero-order chi connectivity index (χ0) is 15.4. The molecule has 1 amide bonds. The lowest BCUT2D eigenvalue weighted by atomic mass is 10.1. The van der Waals surface area contributed by atoms with Crippen molar-refractivity contribution in [2.45, 2.75) is 32.4 Å². The molecule has 5 heteroatoms. The van der Waals surface area contributed by atoms with Gasteiger partial charge in [-0.1, -0.05) is 13.0 Å². The summed E-state index contributed by atoms with van der Waals surface area (Å²) in [5, 5.41) is 6.29. The van der Waals surface area contributed by atoms with Crippen molar-refractivity contribution in [2.24, 2.45) is 0 Å². The van der Waals surface area contributed by atoms with Crippen LogP contribution in [0.3, 0.4) is 0 Å². The number of carbonyl (C=O) groups excluding carboxylic acids is 1. The van der Waals surface area contributed by atoms with E-state index < -0.39 is 0 Å². The average molecular weight is 307 g/mol. The third-order valence-electron chi connectivity index (χ3n) is 3.94. The van der Waals surface area contributed by atoms with Crippen molar-refractivity contribution in [3.8, 4) is 0 Å². The fourth-order valence-electron chi connectivity index (χ4n) is 2.57. The molecular formula is C16H25N3OS. The van der Waals surface area contributed by atoms with Gasteiger partial charge in [0.1, 0.15) is 6.04 Å². The van der Waals surface area contributed by atoms with Crippen LogP contribution in [-0.4, -0.2) is 37.6 Å². The number of benzene rings is 1. The van der Waals surface area contributed by atoms with Crippen molar-refractivity contribution in [2.75, 3.05) is 35.8 Å². The van der Waals surface area contributed by atoms with E-state index in [9.17, 15) is 4.79 Å². The van der Waals surface area contributed by atoms with Gasteiger partial charge in [-0.05, 0) is 38.3 Å². The van der Waals surface area contributed by atoms with Gasteiger partial charge in [0.2, 0.25) is 5.91 Å². The molecular weight excluding hydrogens is 282 g/mol. The maximum absolute atomic E-state index is 12.1. The molecule has 0 spiro atoms. The van der Waals surface area contributed by atoms with Crippen molar-refractivity contribution in [3.05, 3.63) is 23.8 Å². The smallest absolute Gasteiger partial charge is 0.246 e. The summed E-state index contributed by atoms with van der Waals surface area (Å²) in [6, 6.07) is 6.51. The number of fused-ring (bicyclic) bond motifs is 1. The van der Waals surface area contributed by atoms with Gasteiger partial charge in [0.15, 0.2) is 0 Å². The minimum atomic E-state index is -0.206. The lowest BCUT2D eigenvalue weighted by Gasteiger charge is -2.27. The van der Waals surface area contributed by atoms with Gasteiger partial charge in [-0.3, -0.25) is 4.79 Å². The number of nitrogens with one attached hydrogen (secondary N) is 2. The molecule has 116 valence electrons. The van der Waals surface area contributed by atoms with Gasteiger partial charge in [-0.2, -0.15) is 11.8 Å². The van der Waals surface area contributed by atoms with E-state index in [2.05, 4.69) is 60.9 Å². The maximum Gasteiger partial charge on any atom is 0.246 e. The van der Waals surface area contributed by atoms with Gasteiger partial charge < -0.3 is 15.5 Å². The molecule has 2 rings (SSSR count). The standard InChI is InChI=1S/C16H25N3OS/c1-5-8-17-15-13-7-6-12(9-14(13)18-16(15)20)19(3)11(2)10-21-4/h6-7,9,11,15,17H,5,8,10H2,1-4H3,(H,18,20). The summed E-state index contributed by atoms with van der Waals surface area (Å²) >= 11 is 1.85. The summed E-state index contributed by atoms with van der Waals surface area (Å²) < 4.78 is 0. The molecule has 0 fully saturated rings. The number of anilines is 2. The molecule has 2 unspecified atom stereocenters. The van der Waals surface area contributed by atoms with Crippen LogP contribution in [0.15, 0.2) is 18.2 Å². The number of hydrogen-bond acceptors (Lipinski definition) is 4. The zero-order valence-electron chi connectivity index (χ0n) is 13.3. The predicted molar refractivity (Wildman–Crippen MR) is 92.4 cm³/mol. The molecule has 1 heterocycles. The Labute approximate surface area is 131 Å². The van der Waals surface area contributed by atoms with Crippen LogP contribution in [0.5, 0.6) is 0 Å². The average Bonchev–Trinajstić information content (AvgIpc) is 2.79. The summed E-state index contributed by atoms with van der Waals surface area (Å²) in [7, 11) is 2.10. The first-order chi connectivity index (χ1) is 10.1. The molecule has 4 nitrogen and oxygen atoms in total. The van der Waals surface area contributed by atoms with Crippen molar-refractivity contribution in [1.82, 2.24) is 5.32 Å². The second-order valence-corrected chi connectivity index (χ2v) is 6.47. The fraction of sp³-hybridized carbons (Fsp3) is 0.562. The highest BCUT2D eigenvalue weighted by Crippen LogP contribution is 2.34. The molecule has 1 aliphatic rings. The second-order valence-electron chi connectivity index (χ2n) is 5.56. The highest BCUT2D eigenvalue weighted by atomic mass is 32.2.